The van der Waals surface area contributed by atoms with E-state index in [9.17, 15) is 14.4 Å². The van der Waals surface area contributed by atoms with Gasteiger partial charge in [-0.15, -0.1) is 0 Å². The quantitative estimate of drug-likeness (QED) is 0.560. The molecule has 0 spiro atoms. The predicted octanol–water partition coefficient (Wildman–Crippen LogP) is 3.06. The molecule has 2 rings (SSSR count). The average molecular weight is 377 g/mol. The summed E-state index contributed by atoms with van der Waals surface area (Å²) in [7, 11) is 1.50. The van der Waals surface area contributed by atoms with Crippen LogP contribution in [0.2, 0.25) is 0 Å². The summed E-state index contributed by atoms with van der Waals surface area (Å²) in [5.74, 6) is -1.26. The summed E-state index contributed by atoms with van der Waals surface area (Å²) in [6.07, 6.45) is -0.734. The fourth-order valence-corrected chi connectivity index (χ4v) is 2.46. The van der Waals surface area contributed by atoms with Crippen molar-refractivity contribution in [2.75, 3.05) is 7.05 Å². The lowest BCUT2D eigenvalue weighted by molar-refractivity contribution is -0.171. The topological polar surface area (TPSA) is 82.1 Å². The molecule has 7 heteroatoms. The Morgan fingerprint density at radius 3 is 2.26 bits per heavy atom. The van der Waals surface area contributed by atoms with Crippen LogP contribution in [0.25, 0.3) is 0 Å². The van der Waals surface area contributed by atoms with E-state index in [0.29, 0.717) is 12.8 Å². The highest BCUT2D eigenvalue weighted by atomic mass is 16.6. The molecule has 0 aromatic heterocycles. The van der Waals surface area contributed by atoms with E-state index in [1.165, 1.54) is 18.9 Å². The number of esters is 2. The van der Waals surface area contributed by atoms with Crippen molar-refractivity contribution in [1.82, 2.24) is 4.90 Å². The molecule has 27 heavy (non-hydrogen) atoms. The number of rotatable bonds is 6. The largest absolute Gasteiger partial charge is 0.458 e. The SMILES string of the molecule is C[C@@H](OC(=O)C1(N(C)C(=O)OC(C)(C)C)CC1)C(=O)OCc1ccccc1. The van der Waals surface area contributed by atoms with Crippen LogP contribution < -0.4 is 0 Å². The zero-order valence-corrected chi connectivity index (χ0v) is 16.5. The van der Waals surface area contributed by atoms with Crippen LogP contribution >= 0.6 is 0 Å². The maximum absolute atomic E-state index is 12.5. The molecule has 1 fully saturated rings. The van der Waals surface area contributed by atoms with Crippen molar-refractivity contribution in [2.45, 2.75) is 64.4 Å². The molecule has 1 aromatic rings. The third-order valence-corrected chi connectivity index (χ3v) is 4.25. The summed E-state index contributed by atoms with van der Waals surface area (Å²) < 4.78 is 15.7. The van der Waals surface area contributed by atoms with E-state index in [4.69, 9.17) is 14.2 Å². The maximum atomic E-state index is 12.5. The van der Waals surface area contributed by atoms with Gasteiger partial charge >= 0.3 is 18.0 Å². The highest BCUT2D eigenvalue weighted by Crippen LogP contribution is 2.43. The van der Waals surface area contributed by atoms with Crippen LogP contribution in [0.1, 0.15) is 46.1 Å². The standard InChI is InChI=1S/C20H27NO6/c1-14(16(22)25-13-15-9-7-6-8-10-15)26-17(23)20(11-12-20)21(5)18(24)27-19(2,3)4/h6-10,14H,11-13H2,1-5H3/t14-/m1/s1. The lowest BCUT2D eigenvalue weighted by Crippen LogP contribution is -2.48. The molecule has 1 saturated carbocycles. The highest BCUT2D eigenvalue weighted by molar-refractivity contribution is 5.90. The number of ether oxygens (including phenoxy) is 3. The number of carbonyl (C=O) groups excluding carboxylic acids is 3. The molecule has 7 nitrogen and oxygen atoms in total. The van der Waals surface area contributed by atoms with Gasteiger partial charge < -0.3 is 14.2 Å². The van der Waals surface area contributed by atoms with Crippen LogP contribution in [0, 0.1) is 0 Å². The number of hydrogen-bond acceptors (Lipinski definition) is 6. The van der Waals surface area contributed by atoms with Gasteiger partial charge in [-0.25, -0.2) is 14.4 Å². The van der Waals surface area contributed by atoms with E-state index in [0.717, 1.165) is 5.56 Å². The molecular weight excluding hydrogens is 350 g/mol. The second kappa shape index (κ2) is 7.98. The third kappa shape index (κ3) is 5.45. The van der Waals surface area contributed by atoms with E-state index in [2.05, 4.69) is 0 Å². The summed E-state index contributed by atoms with van der Waals surface area (Å²) >= 11 is 0. The van der Waals surface area contributed by atoms with Gasteiger partial charge in [-0.1, -0.05) is 30.3 Å². The van der Waals surface area contributed by atoms with Crippen molar-refractivity contribution in [2.24, 2.45) is 0 Å². The maximum Gasteiger partial charge on any atom is 0.410 e. The molecule has 0 N–H and O–H groups in total. The number of nitrogens with zero attached hydrogens (tertiary/aromatic N) is 1. The van der Waals surface area contributed by atoms with Gasteiger partial charge in [0.25, 0.3) is 0 Å². The molecule has 148 valence electrons. The molecule has 0 unspecified atom stereocenters. The fourth-order valence-electron chi connectivity index (χ4n) is 2.46. The molecule has 1 aliphatic carbocycles. The first-order valence-corrected chi connectivity index (χ1v) is 8.94. The monoisotopic (exact) mass is 377 g/mol. The van der Waals surface area contributed by atoms with Crippen LogP contribution in [-0.2, 0) is 30.4 Å². The van der Waals surface area contributed by atoms with Gasteiger partial charge in [0.15, 0.2) is 6.10 Å². The van der Waals surface area contributed by atoms with Gasteiger partial charge in [0.1, 0.15) is 17.7 Å². The Bertz CT molecular complexity index is 690. The van der Waals surface area contributed by atoms with Crippen LogP contribution in [0.5, 0.6) is 0 Å². The van der Waals surface area contributed by atoms with E-state index in [1.807, 2.05) is 30.3 Å². The van der Waals surface area contributed by atoms with Crippen LogP contribution in [0.3, 0.4) is 0 Å². The van der Waals surface area contributed by atoms with Gasteiger partial charge in [-0.05, 0) is 46.1 Å². The molecule has 1 aromatic carbocycles. The first-order chi connectivity index (χ1) is 12.5. The van der Waals surface area contributed by atoms with Gasteiger partial charge in [0, 0.05) is 7.05 Å². The summed E-state index contributed by atoms with van der Waals surface area (Å²) in [6.45, 7) is 6.81. The normalized spacial score (nSPS) is 16.0. The summed E-state index contributed by atoms with van der Waals surface area (Å²) in [4.78, 5) is 38.1. The molecule has 0 saturated heterocycles. The Balaban J connectivity index is 1.89. The number of carbonyl (C=O) groups is 3. The Kier molecular flexibility index (Phi) is 6.13. The Labute approximate surface area is 159 Å². The zero-order valence-electron chi connectivity index (χ0n) is 16.5. The van der Waals surface area contributed by atoms with Gasteiger partial charge in [-0.2, -0.15) is 0 Å². The average Bonchev–Trinajstić information content (AvgIpc) is 3.40. The molecule has 1 aliphatic rings. The van der Waals surface area contributed by atoms with Crippen molar-refractivity contribution >= 4 is 18.0 Å². The minimum absolute atomic E-state index is 0.102. The van der Waals surface area contributed by atoms with E-state index in [1.54, 1.807) is 20.8 Å². The molecule has 0 bridgehead atoms. The van der Waals surface area contributed by atoms with Crippen molar-refractivity contribution < 1.29 is 28.6 Å². The van der Waals surface area contributed by atoms with Crippen molar-refractivity contribution in [1.29, 1.82) is 0 Å². The van der Waals surface area contributed by atoms with Gasteiger partial charge in [-0.3, -0.25) is 4.90 Å². The second-order valence-electron chi connectivity index (χ2n) is 7.71. The summed E-state index contributed by atoms with van der Waals surface area (Å²) in [6, 6.07) is 9.22. The van der Waals surface area contributed by atoms with Crippen molar-refractivity contribution in [3.05, 3.63) is 35.9 Å². The summed E-state index contributed by atoms with van der Waals surface area (Å²) in [5.41, 5.74) is -0.899. The number of benzene rings is 1. The first kappa shape index (κ1) is 20.7. The molecule has 0 heterocycles. The molecule has 1 amide bonds. The van der Waals surface area contributed by atoms with Crippen LogP contribution in [-0.4, -0.2) is 47.2 Å². The Hall–Kier alpha value is -2.57. The molecular formula is C20H27NO6. The molecule has 0 aliphatic heterocycles. The lowest BCUT2D eigenvalue weighted by Gasteiger charge is -2.30. The number of hydrogen-bond donors (Lipinski definition) is 0. The predicted molar refractivity (Wildman–Crippen MR) is 97.8 cm³/mol. The second-order valence-corrected chi connectivity index (χ2v) is 7.71. The van der Waals surface area contributed by atoms with E-state index < -0.39 is 35.3 Å². The van der Waals surface area contributed by atoms with Gasteiger partial charge in [0.05, 0.1) is 0 Å². The van der Waals surface area contributed by atoms with Crippen LogP contribution in [0.4, 0.5) is 4.79 Å². The van der Waals surface area contributed by atoms with E-state index in [-0.39, 0.29) is 6.61 Å². The fraction of sp³-hybridized carbons (Fsp3) is 0.550. The lowest BCUT2D eigenvalue weighted by atomic mass is 10.2. The Morgan fingerprint density at radius 1 is 1.15 bits per heavy atom. The van der Waals surface area contributed by atoms with Crippen LogP contribution in [0.15, 0.2) is 30.3 Å². The molecule has 1 atom stereocenters. The smallest absolute Gasteiger partial charge is 0.410 e. The number of likely N-dealkylation sites (N-methyl/N-ethyl adjacent to an activating group) is 1. The minimum atomic E-state index is -1.07. The van der Waals surface area contributed by atoms with Gasteiger partial charge in [0.2, 0.25) is 0 Å². The Morgan fingerprint density at radius 2 is 1.74 bits per heavy atom. The molecule has 0 radical (unpaired) electrons. The third-order valence-electron chi connectivity index (χ3n) is 4.25. The summed E-state index contributed by atoms with van der Waals surface area (Å²) in [5, 5.41) is 0. The van der Waals surface area contributed by atoms with Crippen molar-refractivity contribution in [3.63, 3.8) is 0 Å². The van der Waals surface area contributed by atoms with Crippen molar-refractivity contribution in [3.8, 4) is 0 Å². The zero-order chi connectivity index (χ0) is 20.2. The van der Waals surface area contributed by atoms with E-state index >= 15 is 0 Å². The minimum Gasteiger partial charge on any atom is -0.458 e. The highest BCUT2D eigenvalue weighted by Gasteiger charge is 2.58. The number of amides is 1. The first-order valence-electron chi connectivity index (χ1n) is 8.94.